The topological polar surface area (TPSA) is 84.0 Å². The van der Waals surface area contributed by atoms with E-state index in [-0.39, 0.29) is 31.2 Å². The quantitative estimate of drug-likeness (QED) is 0.835. The fourth-order valence-corrected chi connectivity index (χ4v) is 1.77. The van der Waals surface area contributed by atoms with Crippen molar-refractivity contribution in [3.63, 3.8) is 0 Å². The summed E-state index contributed by atoms with van der Waals surface area (Å²) in [7, 11) is 0. The molecule has 1 amide bonds. The second-order valence-corrected chi connectivity index (χ2v) is 4.42. The number of aryl methyl sites for hydroxylation is 1. The molecule has 2 aromatic rings. The van der Waals surface area contributed by atoms with Crippen LogP contribution in [-0.2, 0) is 17.9 Å². The SMILES string of the molecule is O=C(CCn1[nH]c(=O)ccc1=O)NCc1ccccc1F. The van der Waals surface area contributed by atoms with Gasteiger partial charge >= 0.3 is 0 Å². The molecule has 0 spiro atoms. The summed E-state index contributed by atoms with van der Waals surface area (Å²) in [6.07, 6.45) is 0.00825. The Kier molecular flexibility index (Phi) is 4.65. The summed E-state index contributed by atoms with van der Waals surface area (Å²) in [6.45, 7) is 0.129. The first-order chi connectivity index (χ1) is 10.1. The van der Waals surface area contributed by atoms with Gasteiger partial charge in [-0.1, -0.05) is 18.2 Å². The van der Waals surface area contributed by atoms with Crippen molar-refractivity contribution in [3.05, 3.63) is 68.5 Å². The van der Waals surface area contributed by atoms with Crippen molar-refractivity contribution in [3.8, 4) is 0 Å². The van der Waals surface area contributed by atoms with E-state index in [1.165, 1.54) is 6.07 Å². The molecule has 0 aliphatic rings. The Morgan fingerprint density at radius 1 is 1.19 bits per heavy atom. The molecule has 0 atom stereocenters. The second-order valence-electron chi connectivity index (χ2n) is 4.42. The molecular weight excluding hydrogens is 277 g/mol. The van der Waals surface area contributed by atoms with Gasteiger partial charge in [-0.05, 0) is 6.07 Å². The largest absolute Gasteiger partial charge is 0.352 e. The fraction of sp³-hybridized carbons (Fsp3) is 0.214. The molecule has 1 aromatic heterocycles. The Hall–Kier alpha value is -2.70. The van der Waals surface area contributed by atoms with Crippen molar-refractivity contribution in [1.82, 2.24) is 15.1 Å². The van der Waals surface area contributed by atoms with E-state index in [1.807, 2.05) is 0 Å². The van der Waals surface area contributed by atoms with E-state index in [4.69, 9.17) is 0 Å². The standard InChI is InChI=1S/C14H14FN3O3/c15-11-4-2-1-3-10(11)9-16-12(19)7-8-18-14(21)6-5-13(20)17-18/h1-6H,7-9H2,(H,16,19)(H,17,20). The predicted octanol–water partition coefficient (Wildman–Crippen LogP) is 0.382. The number of aromatic amines is 1. The van der Waals surface area contributed by atoms with Gasteiger partial charge in [-0.2, -0.15) is 0 Å². The van der Waals surface area contributed by atoms with Gasteiger partial charge in [0.15, 0.2) is 0 Å². The molecule has 0 aliphatic carbocycles. The lowest BCUT2D eigenvalue weighted by molar-refractivity contribution is -0.121. The van der Waals surface area contributed by atoms with E-state index in [9.17, 15) is 18.8 Å². The van der Waals surface area contributed by atoms with Crippen LogP contribution in [0.4, 0.5) is 4.39 Å². The molecule has 0 bridgehead atoms. The molecule has 7 heteroatoms. The van der Waals surface area contributed by atoms with Crippen LogP contribution in [0.1, 0.15) is 12.0 Å². The summed E-state index contributed by atoms with van der Waals surface area (Å²) in [5.41, 5.74) is -0.422. The number of amides is 1. The van der Waals surface area contributed by atoms with Gasteiger partial charge in [0.1, 0.15) is 5.82 Å². The summed E-state index contributed by atoms with van der Waals surface area (Å²) >= 11 is 0. The molecule has 1 heterocycles. The first-order valence-corrected chi connectivity index (χ1v) is 6.36. The number of carbonyl (C=O) groups excluding carboxylic acids is 1. The number of nitrogens with zero attached hydrogens (tertiary/aromatic N) is 1. The number of carbonyl (C=O) groups is 1. The molecule has 0 aliphatic heterocycles. The molecule has 0 radical (unpaired) electrons. The minimum absolute atomic E-state index is 0.00825. The Balaban J connectivity index is 1.88. The molecule has 0 saturated heterocycles. The van der Waals surface area contributed by atoms with Gasteiger partial charge < -0.3 is 5.32 Å². The lowest BCUT2D eigenvalue weighted by Gasteiger charge is -2.07. The number of benzene rings is 1. The van der Waals surface area contributed by atoms with E-state index in [0.717, 1.165) is 16.8 Å². The van der Waals surface area contributed by atoms with Gasteiger partial charge in [0.25, 0.3) is 11.1 Å². The van der Waals surface area contributed by atoms with Gasteiger partial charge in [0.05, 0.1) is 6.54 Å². The van der Waals surface area contributed by atoms with E-state index in [0.29, 0.717) is 5.56 Å². The van der Waals surface area contributed by atoms with Crippen molar-refractivity contribution in [2.45, 2.75) is 19.5 Å². The molecule has 6 nitrogen and oxygen atoms in total. The van der Waals surface area contributed by atoms with Crippen LogP contribution in [-0.4, -0.2) is 15.7 Å². The highest BCUT2D eigenvalue weighted by molar-refractivity contribution is 5.75. The lowest BCUT2D eigenvalue weighted by atomic mass is 10.2. The third kappa shape index (κ3) is 4.13. The molecule has 2 N–H and O–H groups in total. The van der Waals surface area contributed by atoms with Crippen LogP contribution in [0.5, 0.6) is 0 Å². The summed E-state index contributed by atoms with van der Waals surface area (Å²) in [4.78, 5) is 34.2. The van der Waals surface area contributed by atoms with Crippen molar-refractivity contribution in [1.29, 1.82) is 0 Å². The number of hydrogen-bond donors (Lipinski definition) is 2. The Morgan fingerprint density at radius 3 is 2.71 bits per heavy atom. The minimum Gasteiger partial charge on any atom is -0.352 e. The number of hydrogen-bond acceptors (Lipinski definition) is 3. The molecule has 0 fully saturated rings. The van der Waals surface area contributed by atoms with Crippen molar-refractivity contribution < 1.29 is 9.18 Å². The van der Waals surface area contributed by atoms with Gasteiger partial charge in [-0.25, -0.2) is 9.07 Å². The first-order valence-electron chi connectivity index (χ1n) is 6.36. The third-order valence-corrected chi connectivity index (χ3v) is 2.88. The fourth-order valence-electron chi connectivity index (χ4n) is 1.77. The monoisotopic (exact) mass is 291 g/mol. The average molecular weight is 291 g/mol. The van der Waals surface area contributed by atoms with Crippen LogP contribution in [0.2, 0.25) is 0 Å². The smallest absolute Gasteiger partial charge is 0.265 e. The number of aromatic nitrogens is 2. The van der Waals surface area contributed by atoms with Gasteiger partial charge in [-0.3, -0.25) is 19.5 Å². The van der Waals surface area contributed by atoms with E-state index < -0.39 is 11.1 Å². The van der Waals surface area contributed by atoms with Crippen LogP contribution in [0, 0.1) is 5.82 Å². The van der Waals surface area contributed by atoms with Crippen LogP contribution >= 0.6 is 0 Å². The number of halogens is 1. The highest BCUT2D eigenvalue weighted by Gasteiger charge is 2.05. The number of nitrogens with one attached hydrogen (secondary N) is 2. The minimum atomic E-state index is -0.415. The third-order valence-electron chi connectivity index (χ3n) is 2.88. The summed E-state index contributed by atoms with van der Waals surface area (Å²) < 4.78 is 14.4. The summed E-state index contributed by atoms with van der Waals surface area (Å²) in [6, 6.07) is 8.40. The van der Waals surface area contributed by atoms with Crippen LogP contribution in [0.25, 0.3) is 0 Å². The second kappa shape index (κ2) is 6.65. The van der Waals surface area contributed by atoms with Crippen molar-refractivity contribution in [2.24, 2.45) is 0 Å². The lowest BCUT2D eigenvalue weighted by Crippen LogP contribution is -2.31. The van der Waals surface area contributed by atoms with Gasteiger partial charge in [-0.15, -0.1) is 0 Å². The molecule has 2 rings (SSSR count). The molecular formula is C14H14FN3O3. The van der Waals surface area contributed by atoms with Gasteiger partial charge in [0.2, 0.25) is 5.91 Å². The van der Waals surface area contributed by atoms with E-state index in [1.54, 1.807) is 18.2 Å². The maximum atomic E-state index is 13.4. The predicted molar refractivity (Wildman–Crippen MR) is 74.2 cm³/mol. The Bertz CT molecular complexity index is 751. The number of rotatable bonds is 5. The Morgan fingerprint density at radius 2 is 1.95 bits per heavy atom. The zero-order chi connectivity index (χ0) is 15.2. The molecule has 21 heavy (non-hydrogen) atoms. The zero-order valence-electron chi connectivity index (χ0n) is 11.1. The van der Waals surface area contributed by atoms with Crippen LogP contribution in [0.3, 0.4) is 0 Å². The average Bonchev–Trinajstić information content (AvgIpc) is 2.47. The summed E-state index contributed by atoms with van der Waals surface area (Å²) in [5, 5.41) is 4.88. The van der Waals surface area contributed by atoms with E-state index >= 15 is 0 Å². The highest BCUT2D eigenvalue weighted by atomic mass is 19.1. The maximum Gasteiger partial charge on any atom is 0.265 e. The normalized spacial score (nSPS) is 10.3. The van der Waals surface area contributed by atoms with Gasteiger partial charge in [0, 0.05) is 30.7 Å². The molecule has 110 valence electrons. The van der Waals surface area contributed by atoms with Crippen LogP contribution in [0.15, 0.2) is 46.0 Å². The molecule has 0 saturated carbocycles. The zero-order valence-corrected chi connectivity index (χ0v) is 11.1. The maximum absolute atomic E-state index is 13.4. The Labute approximate surface area is 119 Å². The van der Waals surface area contributed by atoms with E-state index in [2.05, 4.69) is 10.4 Å². The summed E-state index contributed by atoms with van der Waals surface area (Å²) in [5.74, 6) is -0.726. The molecule has 1 aromatic carbocycles. The molecule has 0 unspecified atom stereocenters. The van der Waals surface area contributed by atoms with Crippen LogP contribution < -0.4 is 16.4 Å². The first kappa shape index (κ1) is 14.7. The highest BCUT2D eigenvalue weighted by Crippen LogP contribution is 2.05. The van der Waals surface area contributed by atoms with Crippen molar-refractivity contribution in [2.75, 3.05) is 0 Å². The van der Waals surface area contributed by atoms with Crippen molar-refractivity contribution >= 4 is 5.91 Å². The number of H-pyrrole nitrogens is 1.